The Hall–Kier alpha value is -2.67. The molecule has 124 valence electrons. The lowest BCUT2D eigenvalue weighted by atomic mass is 10.1. The summed E-state index contributed by atoms with van der Waals surface area (Å²) < 4.78 is 0.889. The first-order valence-electron chi connectivity index (χ1n) is 7.09. The van der Waals surface area contributed by atoms with Crippen LogP contribution < -0.4 is 5.32 Å². The van der Waals surface area contributed by atoms with E-state index in [1.54, 1.807) is 48.5 Å². The molecule has 1 amide bonds. The van der Waals surface area contributed by atoms with Gasteiger partial charge in [0.1, 0.15) is 0 Å². The van der Waals surface area contributed by atoms with Crippen molar-refractivity contribution in [2.75, 3.05) is 5.32 Å². The number of benzene rings is 2. The van der Waals surface area contributed by atoms with Crippen molar-refractivity contribution in [2.24, 2.45) is 5.16 Å². The molecule has 0 spiro atoms. The summed E-state index contributed by atoms with van der Waals surface area (Å²) in [5.74, 6) is -1.20. The number of hydrogen-bond donors (Lipinski definition) is 3. The molecule has 0 aliphatic rings. The summed E-state index contributed by atoms with van der Waals surface area (Å²) in [6.07, 6.45) is -0.00210. The van der Waals surface area contributed by atoms with Gasteiger partial charge in [-0.1, -0.05) is 33.2 Å². The van der Waals surface area contributed by atoms with E-state index in [0.717, 1.165) is 4.47 Å². The highest BCUT2D eigenvalue weighted by molar-refractivity contribution is 9.10. The van der Waals surface area contributed by atoms with Crippen molar-refractivity contribution in [3.63, 3.8) is 0 Å². The average molecular weight is 391 g/mol. The standard InChI is InChI=1S/C17H15BrN2O4/c18-13-5-1-12(2-6-13)17(23)19-14-7-3-11(4-8-14)15(20-24)9-10-16(21)22/h1-8,24H,9-10H2,(H,19,23)(H,21,22)/b20-15+. The molecule has 3 N–H and O–H groups in total. The number of oxime groups is 1. The summed E-state index contributed by atoms with van der Waals surface area (Å²) in [6.45, 7) is 0. The first kappa shape index (κ1) is 17.7. The predicted molar refractivity (Wildman–Crippen MR) is 93.7 cm³/mol. The first-order valence-corrected chi connectivity index (χ1v) is 7.89. The third kappa shape index (κ3) is 4.92. The van der Waals surface area contributed by atoms with Crippen molar-refractivity contribution >= 4 is 39.2 Å². The van der Waals surface area contributed by atoms with Gasteiger partial charge in [0.05, 0.1) is 12.1 Å². The molecule has 0 saturated heterocycles. The summed E-state index contributed by atoms with van der Waals surface area (Å²) in [4.78, 5) is 22.7. The van der Waals surface area contributed by atoms with Crippen molar-refractivity contribution in [1.82, 2.24) is 0 Å². The van der Waals surface area contributed by atoms with E-state index in [-0.39, 0.29) is 24.5 Å². The molecule has 0 atom stereocenters. The Morgan fingerprint density at radius 1 is 0.958 bits per heavy atom. The average Bonchev–Trinajstić information content (AvgIpc) is 2.57. The topological polar surface area (TPSA) is 99.0 Å². The van der Waals surface area contributed by atoms with E-state index >= 15 is 0 Å². The number of anilines is 1. The number of halogens is 1. The molecular formula is C17H15BrN2O4. The molecule has 6 nitrogen and oxygen atoms in total. The summed E-state index contributed by atoms with van der Waals surface area (Å²) in [5, 5.41) is 23.6. The first-order chi connectivity index (χ1) is 11.5. The Balaban J connectivity index is 2.04. The van der Waals surface area contributed by atoms with E-state index < -0.39 is 5.97 Å². The molecule has 2 rings (SSSR count). The Kier molecular flexibility index (Phi) is 6.08. The van der Waals surface area contributed by atoms with Gasteiger partial charge in [-0.25, -0.2) is 0 Å². The number of carbonyl (C=O) groups is 2. The van der Waals surface area contributed by atoms with Gasteiger partial charge < -0.3 is 15.6 Å². The molecule has 0 fully saturated rings. The lowest BCUT2D eigenvalue weighted by Gasteiger charge is -2.07. The smallest absolute Gasteiger partial charge is 0.303 e. The second-order valence-corrected chi connectivity index (χ2v) is 5.89. The lowest BCUT2D eigenvalue weighted by molar-refractivity contribution is -0.136. The Bertz CT molecular complexity index is 755. The maximum Gasteiger partial charge on any atom is 0.303 e. The zero-order valence-electron chi connectivity index (χ0n) is 12.6. The highest BCUT2D eigenvalue weighted by atomic mass is 79.9. The van der Waals surface area contributed by atoms with E-state index in [2.05, 4.69) is 26.4 Å². The minimum Gasteiger partial charge on any atom is -0.481 e. The number of carbonyl (C=O) groups excluding carboxylic acids is 1. The van der Waals surface area contributed by atoms with Gasteiger partial charge in [0.15, 0.2) is 0 Å². The van der Waals surface area contributed by atoms with Gasteiger partial charge >= 0.3 is 5.97 Å². The quantitative estimate of drug-likeness (QED) is 0.397. The third-order valence-corrected chi connectivity index (χ3v) is 3.81. The van der Waals surface area contributed by atoms with Crippen molar-refractivity contribution in [3.05, 3.63) is 64.1 Å². The van der Waals surface area contributed by atoms with Gasteiger partial charge in [-0.05, 0) is 42.0 Å². The van der Waals surface area contributed by atoms with Crippen molar-refractivity contribution in [1.29, 1.82) is 0 Å². The van der Waals surface area contributed by atoms with Crippen molar-refractivity contribution < 1.29 is 19.9 Å². The number of carboxylic acids is 1. The highest BCUT2D eigenvalue weighted by Gasteiger charge is 2.09. The third-order valence-electron chi connectivity index (χ3n) is 3.28. The highest BCUT2D eigenvalue weighted by Crippen LogP contribution is 2.15. The molecule has 2 aromatic rings. The minimum absolute atomic E-state index is 0.121. The summed E-state index contributed by atoms with van der Waals surface area (Å²) in [6, 6.07) is 13.6. The van der Waals surface area contributed by atoms with E-state index in [4.69, 9.17) is 10.3 Å². The molecule has 7 heteroatoms. The van der Waals surface area contributed by atoms with E-state index in [0.29, 0.717) is 16.8 Å². The molecule has 0 unspecified atom stereocenters. The largest absolute Gasteiger partial charge is 0.481 e. The van der Waals surface area contributed by atoms with Gasteiger partial charge in [0.25, 0.3) is 5.91 Å². The lowest BCUT2D eigenvalue weighted by Crippen LogP contribution is -2.12. The van der Waals surface area contributed by atoms with Crippen molar-refractivity contribution in [2.45, 2.75) is 12.8 Å². The van der Waals surface area contributed by atoms with Crippen LogP contribution in [0.25, 0.3) is 0 Å². The van der Waals surface area contributed by atoms with Crippen LogP contribution in [0.4, 0.5) is 5.69 Å². The Morgan fingerprint density at radius 2 is 1.54 bits per heavy atom. The molecule has 24 heavy (non-hydrogen) atoms. The van der Waals surface area contributed by atoms with Gasteiger partial charge in [0.2, 0.25) is 0 Å². The van der Waals surface area contributed by atoms with Crippen LogP contribution in [-0.4, -0.2) is 27.9 Å². The molecule has 0 saturated carbocycles. The number of carboxylic acid groups (broad SMARTS) is 1. The van der Waals surface area contributed by atoms with Gasteiger partial charge in [0, 0.05) is 22.1 Å². The van der Waals surface area contributed by atoms with Crippen LogP contribution in [0.5, 0.6) is 0 Å². The van der Waals surface area contributed by atoms with E-state index in [9.17, 15) is 9.59 Å². The van der Waals surface area contributed by atoms with Gasteiger partial charge in [-0.15, -0.1) is 0 Å². The molecule has 2 aromatic carbocycles. The SMILES string of the molecule is O=C(O)CC/C(=N\O)c1ccc(NC(=O)c2ccc(Br)cc2)cc1. The van der Waals surface area contributed by atoms with Crippen LogP contribution in [0.3, 0.4) is 0 Å². The van der Waals surface area contributed by atoms with Crippen LogP contribution in [-0.2, 0) is 4.79 Å². The molecule has 0 aliphatic carbocycles. The maximum absolute atomic E-state index is 12.1. The Labute approximate surface area is 146 Å². The summed E-state index contributed by atoms with van der Waals surface area (Å²) in [7, 11) is 0. The number of nitrogens with one attached hydrogen (secondary N) is 1. The zero-order valence-corrected chi connectivity index (χ0v) is 14.2. The van der Waals surface area contributed by atoms with Gasteiger partial charge in [-0.3, -0.25) is 9.59 Å². The second-order valence-electron chi connectivity index (χ2n) is 4.98. The van der Waals surface area contributed by atoms with E-state index in [1.807, 2.05) is 0 Å². The second kappa shape index (κ2) is 8.26. The van der Waals surface area contributed by atoms with Crippen LogP contribution in [0, 0.1) is 0 Å². The normalized spacial score (nSPS) is 11.1. The van der Waals surface area contributed by atoms with Crippen LogP contribution in [0.15, 0.2) is 58.2 Å². The van der Waals surface area contributed by atoms with E-state index in [1.165, 1.54) is 0 Å². The number of amides is 1. The molecule has 0 bridgehead atoms. The molecule has 0 aromatic heterocycles. The molecular weight excluding hydrogens is 376 g/mol. The van der Waals surface area contributed by atoms with Crippen LogP contribution in [0.2, 0.25) is 0 Å². The predicted octanol–water partition coefficient (Wildman–Crippen LogP) is 3.74. The summed E-state index contributed by atoms with van der Waals surface area (Å²) >= 11 is 3.31. The Morgan fingerprint density at radius 3 is 2.08 bits per heavy atom. The zero-order chi connectivity index (χ0) is 17.5. The number of hydrogen-bond acceptors (Lipinski definition) is 4. The molecule has 0 aliphatic heterocycles. The maximum atomic E-state index is 12.1. The van der Waals surface area contributed by atoms with Crippen LogP contribution in [0.1, 0.15) is 28.8 Å². The van der Waals surface area contributed by atoms with Crippen LogP contribution >= 0.6 is 15.9 Å². The fourth-order valence-corrected chi connectivity index (χ4v) is 2.29. The number of rotatable bonds is 6. The number of aliphatic carboxylic acids is 1. The fraction of sp³-hybridized carbons (Fsp3) is 0.118. The summed E-state index contributed by atoms with van der Waals surface area (Å²) in [5.41, 5.74) is 1.99. The van der Waals surface area contributed by atoms with Crippen molar-refractivity contribution in [3.8, 4) is 0 Å². The fourth-order valence-electron chi connectivity index (χ4n) is 2.03. The molecule has 0 radical (unpaired) electrons. The van der Waals surface area contributed by atoms with Gasteiger partial charge in [-0.2, -0.15) is 0 Å². The monoisotopic (exact) mass is 390 g/mol. The minimum atomic E-state index is -0.963. The number of nitrogens with zero attached hydrogens (tertiary/aromatic N) is 1. The molecule has 0 heterocycles.